The molecule has 0 aliphatic carbocycles. The van der Waals surface area contributed by atoms with E-state index < -0.39 is 0 Å². The van der Waals surface area contributed by atoms with Gasteiger partial charge in [0.2, 0.25) is 5.95 Å². The molecule has 0 aliphatic heterocycles. The van der Waals surface area contributed by atoms with Gasteiger partial charge in [0, 0.05) is 6.54 Å². The summed E-state index contributed by atoms with van der Waals surface area (Å²) in [7, 11) is 0. The Kier molecular flexibility index (Phi) is 4.14. The summed E-state index contributed by atoms with van der Waals surface area (Å²) < 4.78 is 6.45. The standard InChI is InChI=1S/C18H14N4O2S/c23-17(14-8-4-10-24-14)22-18(19-12-13-6-2-1-3-7-13)20-16(21-22)15-9-5-11-25-15/h1-11H,12H2,(H,19,20,21). The van der Waals surface area contributed by atoms with Crippen LogP contribution in [0.2, 0.25) is 0 Å². The molecule has 0 saturated carbocycles. The molecule has 0 saturated heterocycles. The van der Waals surface area contributed by atoms with E-state index in [1.165, 1.54) is 22.3 Å². The molecule has 7 heteroatoms. The van der Waals surface area contributed by atoms with E-state index in [1.807, 2.05) is 47.8 Å². The number of benzene rings is 1. The number of carbonyl (C=O) groups excluding carboxylic acids is 1. The molecule has 6 nitrogen and oxygen atoms in total. The Hall–Kier alpha value is -3.19. The summed E-state index contributed by atoms with van der Waals surface area (Å²) >= 11 is 1.52. The smallest absolute Gasteiger partial charge is 0.317 e. The van der Waals surface area contributed by atoms with Crippen LogP contribution in [0.4, 0.5) is 5.95 Å². The van der Waals surface area contributed by atoms with Crippen molar-refractivity contribution in [1.29, 1.82) is 0 Å². The van der Waals surface area contributed by atoms with Gasteiger partial charge in [0.25, 0.3) is 0 Å². The highest BCUT2D eigenvalue weighted by atomic mass is 32.1. The molecule has 0 spiro atoms. The second kappa shape index (κ2) is 6.74. The largest absolute Gasteiger partial charge is 0.459 e. The fourth-order valence-corrected chi connectivity index (χ4v) is 3.01. The van der Waals surface area contributed by atoms with Crippen molar-refractivity contribution in [3.63, 3.8) is 0 Å². The average molecular weight is 350 g/mol. The van der Waals surface area contributed by atoms with Crippen LogP contribution < -0.4 is 5.32 Å². The molecule has 1 aromatic carbocycles. The van der Waals surface area contributed by atoms with Crippen LogP contribution in [-0.2, 0) is 6.54 Å². The molecule has 4 aromatic rings. The summed E-state index contributed by atoms with van der Waals surface area (Å²) in [5.41, 5.74) is 1.08. The molecule has 25 heavy (non-hydrogen) atoms. The fraction of sp³-hybridized carbons (Fsp3) is 0.0556. The molecular weight excluding hydrogens is 336 g/mol. The minimum atomic E-state index is -0.365. The monoisotopic (exact) mass is 350 g/mol. The van der Waals surface area contributed by atoms with Gasteiger partial charge in [0.05, 0.1) is 11.1 Å². The molecule has 0 amide bonds. The van der Waals surface area contributed by atoms with Gasteiger partial charge in [0.15, 0.2) is 11.6 Å². The van der Waals surface area contributed by atoms with Crippen molar-refractivity contribution in [2.75, 3.05) is 5.32 Å². The molecule has 4 rings (SSSR count). The Labute approximate surface area is 147 Å². The highest BCUT2D eigenvalue weighted by Crippen LogP contribution is 2.23. The fourth-order valence-electron chi connectivity index (χ4n) is 2.36. The minimum Gasteiger partial charge on any atom is -0.459 e. The van der Waals surface area contributed by atoms with Crippen LogP contribution in [0.25, 0.3) is 10.7 Å². The SMILES string of the molecule is O=C(c1ccco1)n1nc(-c2cccs2)nc1NCc1ccccc1. The maximum atomic E-state index is 12.7. The number of thiophene rings is 1. The van der Waals surface area contributed by atoms with E-state index >= 15 is 0 Å². The van der Waals surface area contributed by atoms with Crippen molar-refractivity contribution in [3.8, 4) is 10.7 Å². The number of aromatic nitrogens is 3. The molecule has 124 valence electrons. The van der Waals surface area contributed by atoms with Crippen molar-refractivity contribution in [2.45, 2.75) is 6.54 Å². The number of nitrogens with one attached hydrogen (secondary N) is 1. The Bertz CT molecular complexity index is 960. The number of furan rings is 1. The molecule has 1 N–H and O–H groups in total. The summed E-state index contributed by atoms with van der Waals surface area (Å²) in [5.74, 6) is 0.736. The van der Waals surface area contributed by atoms with E-state index in [2.05, 4.69) is 15.4 Å². The normalized spacial score (nSPS) is 10.7. The Morgan fingerprint density at radius 3 is 2.72 bits per heavy atom. The van der Waals surface area contributed by atoms with E-state index in [0.29, 0.717) is 18.3 Å². The number of anilines is 1. The second-order valence-electron chi connectivity index (χ2n) is 5.27. The summed E-state index contributed by atoms with van der Waals surface area (Å²) in [6, 6.07) is 17.0. The lowest BCUT2D eigenvalue weighted by Crippen LogP contribution is -2.17. The zero-order valence-corrected chi connectivity index (χ0v) is 13.9. The zero-order valence-electron chi connectivity index (χ0n) is 13.1. The number of hydrogen-bond acceptors (Lipinski definition) is 6. The first-order valence-corrected chi connectivity index (χ1v) is 8.56. The molecule has 0 atom stereocenters. The maximum absolute atomic E-state index is 12.7. The third kappa shape index (κ3) is 3.22. The van der Waals surface area contributed by atoms with Crippen molar-refractivity contribution >= 4 is 23.2 Å². The van der Waals surface area contributed by atoms with Crippen molar-refractivity contribution in [3.05, 3.63) is 77.6 Å². The molecule has 0 radical (unpaired) electrons. The third-order valence-corrected chi connectivity index (χ3v) is 4.43. The number of nitrogens with zero attached hydrogens (tertiary/aromatic N) is 3. The third-order valence-electron chi connectivity index (χ3n) is 3.57. The van der Waals surface area contributed by atoms with Crippen LogP contribution in [0.15, 0.2) is 70.7 Å². The van der Waals surface area contributed by atoms with Gasteiger partial charge in [-0.2, -0.15) is 9.67 Å². The van der Waals surface area contributed by atoms with Crippen LogP contribution in [0, 0.1) is 0 Å². The number of carbonyl (C=O) groups is 1. The summed E-state index contributed by atoms with van der Waals surface area (Å²) in [5, 5.41) is 9.50. The lowest BCUT2D eigenvalue weighted by molar-refractivity contribution is 0.0920. The molecule has 0 unspecified atom stereocenters. The van der Waals surface area contributed by atoms with Gasteiger partial charge in [0.1, 0.15) is 0 Å². The van der Waals surface area contributed by atoms with Crippen molar-refractivity contribution in [2.24, 2.45) is 0 Å². The van der Waals surface area contributed by atoms with Gasteiger partial charge in [-0.05, 0) is 29.1 Å². The molecule has 0 bridgehead atoms. The second-order valence-corrected chi connectivity index (χ2v) is 6.22. The van der Waals surface area contributed by atoms with Crippen LogP contribution in [0.5, 0.6) is 0 Å². The first-order chi connectivity index (χ1) is 12.3. The highest BCUT2D eigenvalue weighted by Gasteiger charge is 2.20. The lowest BCUT2D eigenvalue weighted by Gasteiger charge is -2.06. The minimum absolute atomic E-state index is 0.213. The molecular formula is C18H14N4O2S. The first-order valence-electron chi connectivity index (χ1n) is 7.68. The van der Waals surface area contributed by atoms with Gasteiger partial charge < -0.3 is 9.73 Å². The van der Waals surface area contributed by atoms with Crippen molar-refractivity contribution < 1.29 is 9.21 Å². The zero-order chi connectivity index (χ0) is 17.1. The molecule has 3 aromatic heterocycles. The highest BCUT2D eigenvalue weighted by molar-refractivity contribution is 7.13. The van der Waals surface area contributed by atoms with E-state index in [4.69, 9.17) is 4.42 Å². The quantitative estimate of drug-likeness (QED) is 0.591. The number of rotatable bonds is 5. The Morgan fingerprint density at radius 2 is 2.00 bits per heavy atom. The topological polar surface area (TPSA) is 73.0 Å². The Balaban J connectivity index is 1.67. The van der Waals surface area contributed by atoms with E-state index in [0.717, 1.165) is 10.4 Å². The van der Waals surface area contributed by atoms with Gasteiger partial charge in [-0.25, -0.2) is 0 Å². The van der Waals surface area contributed by atoms with Crippen molar-refractivity contribution in [1.82, 2.24) is 14.8 Å². The van der Waals surface area contributed by atoms with Crippen LogP contribution >= 0.6 is 11.3 Å². The molecule has 0 fully saturated rings. The predicted octanol–water partition coefficient (Wildman–Crippen LogP) is 3.90. The molecule has 0 aliphatic rings. The first kappa shape index (κ1) is 15.3. The number of hydrogen-bond donors (Lipinski definition) is 1. The van der Waals surface area contributed by atoms with Gasteiger partial charge >= 0.3 is 5.91 Å². The van der Waals surface area contributed by atoms with Gasteiger partial charge in [-0.3, -0.25) is 4.79 Å². The summed E-state index contributed by atoms with van der Waals surface area (Å²) in [6.45, 7) is 0.537. The van der Waals surface area contributed by atoms with Crippen LogP contribution in [-0.4, -0.2) is 20.7 Å². The van der Waals surface area contributed by atoms with Gasteiger partial charge in [-0.15, -0.1) is 16.4 Å². The van der Waals surface area contributed by atoms with Crippen LogP contribution in [0.1, 0.15) is 16.1 Å². The Morgan fingerprint density at radius 1 is 1.12 bits per heavy atom. The molecule has 3 heterocycles. The summed E-state index contributed by atoms with van der Waals surface area (Å²) in [4.78, 5) is 18.0. The van der Waals surface area contributed by atoms with E-state index in [1.54, 1.807) is 12.1 Å². The van der Waals surface area contributed by atoms with Crippen LogP contribution in [0.3, 0.4) is 0 Å². The summed E-state index contributed by atoms with van der Waals surface area (Å²) in [6.07, 6.45) is 1.46. The predicted molar refractivity (Wildman–Crippen MR) is 95.5 cm³/mol. The van der Waals surface area contributed by atoms with E-state index in [9.17, 15) is 4.79 Å². The maximum Gasteiger partial charge on any atom is 0.317 e. The van der Waals surface area contributed by atoms with E-state index in [-0.39, 0.29) is 11.7 Å². The van der Waals surface area contributed by atoms with Gasteiger partial charge in [-0.1, -0.05) is 36.4 Å². The lowest BCUT2D eigenvalue weighted by atomic mass is 10.2. The average Bonchev–Trinajstić information content (AvgIpc) is 3.41.